The number of fused-ring (bicyclic) bond motifs is 1. The van der Waals surface area contributed by atoms with Crippen LogP contribution in [-0.2, 0) is 6.42 Å². The lowest BCUT2D eigenvalue weighted by Gasteiger charge is -2.26. The van der Waals surface area contributed by atoms with E-state index in [-0.39, 0.29) is 0 Å². The predicted molar refractivity (Wildman–Crippen MR) is 71.8 cm³/mol. The monoisotopic (exact) mass is 229 g/mol. The van der Waals surface area contributed by atoms with E-state index in [0.29, 0.717) is 12.0 Å². The zero-order valence-corrected chi connectivity index (χ0v) is 10.6. The topological polar surface area (TPSA) is 26.0 Å². The molecule has 0 spiro atoms. The second kappa shape index (κ2) is 4.81. The summed E-state index contributed by atoms with van der Waals surface area (Å²) >= 11 is 0. The molecule has 1 aromatic carbocycles. The smallest absolute Gasteiger partial charge is 0.0329 e. The Hall–Kier alpha value is -0.820. The average Bonchev–Trinajstić information content (AvgIpc) is 2.68. The van der Waals surface area contributed by atoms with Crippen LogP contribution in [0, 0.1) is 11.8 Å². The van der Waals surface area contributed by atoms with Crippen molar-refractivity contribution >= 4 is 0 Å². The number of nitrogens with two attached hydrogens (primary N) is 1. The van der Waals surface area contributed by atoms with Gasteiger partial charge >= 0.3 is 0 Å². The predicted octanol–water partition coefficient (Wildman–Crippen LogP) is 3.83. The van der Waals surface area contributed by atoms with E-state index in [0.717, 1.165) is 5.92 Å². The zero-order valence-electron chi connectivity index (χ0n) is 10.6. The highest BCUT2D eigenvalue weighted by molar-refractivity contribution is 5.35. The van der Waals surface area contributed by atoms with Gasteiger partial charge in [-0.2, -0.15) is 0 Å². The van der Waals surface area contributed by atoms with E-state index in [1.807, 2.05) is 0 Å². The first-order chi connectivity index (χ1) is 8.34. The number of benzene rings is 1. The first-order valence-electron chi connectivity index (χ1n) is 7.18. The maximum atomic E-state index is 6.41. The second-order valence-electron chi connectivity index (χ2n) is 5.93. The molecular weight excluding hydrogens is 206 g/mol. The molecule has 1 nitrogen and oxygen atoms in total. The second-order valence-corrected chi connectivity index (χ2v) is 5.93. The van der Waals surface area contributed by atoms with Crippen LogP contribution in [-0.4, -0.2) is 0 Å². The molecular formula is C16H23N. The van der Waals surface area contributed by atoms with Gasteiger partial charge in [-0.1, -0.05) is 56.4 Å². The lowest BCUT2D eigenvalue weighted by atomic mass is 9.81. The molecule has 2 atom stereocenters. The molecule has 0 radical (unpaired) electrons. The maximum absolute atomic E-state index is 6.41. The zero-order chi connectivity index (χ0) is 11.7. The fourth-order valence-corrected chi connectivity index (χ4v) is 3.79. The molecule has 17 heavy (non-hydrogen) atoms. The Balaban J connectivity index is 1.67. The molecule has 3 rings (SSSR count). The molecule has 1 fully saturated rings. The van der Waals surface area contributed by atoms with Gasteiger partial charge < -0.3 is 5.73 Å². The summed E-state index contributed by atoms with van der Waals surface area (Å²) in [6, 6.07) is 9.06. The van der Waals surface area contributed by atoms with Crippen molar-refractivity contribution in [1.82, 2.24) is 0 Å². The Morgan fingerprint density at radius 3 is 2.59 bits per heavy atom. The first kappa shape index (κ1) is 11.3. The standard InChI is InChI=1S/C16H23N/c17-16-14(10-12-6-2-1-3-7-12)11-13-8-4-5-9-15(13)16/h4-5,8-9,12,14,16H,1-3,6-7,10-11,17H2. The molecule has 2 aliphatic carbocycles. The van der Waals surface area contributed by atoms with Crippen molar-refractivity contribution in [2.45, 2.75) is 51.0 Å². The quantitative estimate of drug-likeness (QED) is 0.819. The molecule has 2 unspecified atom stereocenters. The minimum absolute atomic E-state index is 0.299. The summed E-state index contributed by atoms with van der Waals surface area (Å²) in [6.07, 6.45) is 9.80. The van der Waals surface area contributed by atoms with E-state index < -0.39 is 0 Å². The van der Waals surface area contributed by atoms with Crippen molar-refractivity contribution in [2.75, 3.05) is 0 Å². The summed E-state index contributed by atoms with van der Waals surface area (Å²) in [5.41, 5.74) is 9.32. The van der Waals surface area contributed by atoms with Crippen molar-refractivity contribution in [1.29, 1.82) is 0 Å². The lowest BCUT2D eigenvalue weighted by Crippen LogP contribution is -2.21. The Kier molecular flexibility index (Phi) is 3.19. The molecule has 2 N–H and O–H groups in total. The summed E-state index contributed by atoms with van der Waals surface area (Å²) in [7, 11) is 0. The summed E-state index contributed by atoms with van der Waals surface area (Å²) in [6.45, 7) is 0. The van der Waals surface area contributed by atoms with Gasteiger partial charge in [-0.15, -0.1) is 0 Å². The van der Waals surface area contributed by atoms with Gasteiger partial charge in [-0.25, -0.2) is 0 Å². The van der Waals surface area contributed by atoms with Crippen molar-refractivity contribution in [3.05, 3.63) is 35.4 Å². The fraction of sp³-hybridized carbons (Fsp3) is 0.625. The highest BCUT2D eigenvalue weighted by atomic mass is 14.7. The molecule has 0 aromatic heterocycles. The lowest BCUT2D eigenvalue weighted by molar-refractivity contribution is 0.273. The van der Waals surface area contributed by atoms with Crippen LogP contribution in [0.4, 0.5) is 0 Å². The van der Waals surface area contributed by atoms with Gasteiger partial charge in [-0.3, -0.25) is 0 Å². The molecule has 0 saturated heterocycles. The molecule has 0 amide bonds. The normalized spacial score (nSPS) is 29.2. The van der Waals surface area contributed by atoms with Gasteiger partial charge in [0.05, 0.1) is 0 Å². The van der Waals surface area contributed by atoms with Crippen LogP contribution in [0.25, 0.3) is 0 Å². The maximum Gasteiger partial charge on any atom is 0.0329 e. The van der Waals surface area contributed by atoms with Gasteiger partial charge in [0.2, 0.25) is 0 Å². The van der Waals surface area contributed by atoms with Crippen LogP contribution in [0.5, 0.6) is 0 Å². The largest absolute Gasteiger partial charge is 0.324 e. The van der Waals surface area contributed by atoms with Gasteiger partial charge in [0, 0.05) is 6.04 Å². The summed E-state index contributed by atoms with van der Waals surface area (Å²) in [5.74, 6) is 1.66. The molecule has 92 valence electrons. The molecule has 1 saturated carbocycles. The number of hydrogen-bond donors (Lipinski definition) is 1. The average molecular weight is 229 g/mol. The van der Waals surface area contributed by atoms with Crippen LogP contribution in [0.1, 0.15) is 55.7 Å². The minimum atomic E-state index is 0.299. The van der Waals surface area contributed by atoms with Gasteiger partial charge in [0.15, 0.2) is 0 Å². The van der Waals surface area contributed by atoms with Crippen molar-refractivity contribution in [2.24, 2.45) is 17.6 Å². The van der Waals surface area contributed by atoms with Crippen molar-refractivity contribution < 1.29 is 0 Å². The van der Waals surface area contributed by atoms with Gasteiger partial charge in [0.1, 0.15) is 0 Å². The molecule has 0 heterocycles. The summed E-state index contributed by atoms with van der Waals surface area (Å²) in [4.78, 5) is 0. The molecule has 1 heteroatoms. The van der Waals surface area contributed by atoms with E-state index >= 15 is 0 Å². The minimum Gasteiger partial charge on any atom is -0.324 e. The molecule has 0 aliphatic heterocycles. The fourth-order valence-electron chi connectivity index (χ4n) is 3.79. The molecule has 1 aromatic rings. The SMILES string of the molecule is NC1c2ccccc2CC1CC1CCCCC1. The Morgan fingerprint density at radius 1 is 1.06 bits per heavy atom. The highest BCUT2D eigenvalue weighted by Gasteiger charge is 2.31. The van der Waals surface area contributed by atoms with Crippen LogP contribution < -0.4 is 5.73 Å². The van der Waals surface area contributed by atoms with Crippen LogP contribution >= 0.6 is 0 Å². The Morgan fingerprint density at radius 2 is 1.82 bits per heavy atom. The third-order valence-electron chi connectivity index (χ3n) is 4.77. The highest BCUT2D eigenvalue weighted by Crippen LogP contribution is 2.40. The van der Waals surface area contributed by atoms with Gasteiger partial charge in [0.25, 0.3) is 0 Å². The molecule has 0 bridgehead atoms. The van der Waals surface area contributed by atoms with Crippen LogP contribution in [0.2, 0.25) is 0 Å². The Bertz CT molecular complexity index is 379. The van der Waals surface area contributed by atoms with Crippen LogP contribution in [0.15, 0.2) is 24.3 Å². The van der Waals surface area contributed by atoms with E-state index in [1.165, 1.54) is 56.1 Å². The van der Waals surface area contributed by atoms with Gasteiger partial charge in [-0.05, 0) is 35.8 Å². The van der Waals surface area contributed by atoms with E-state index in [1.54, 1.807) is 0 Å². The van der Waals surface area contributed by atoms with Crippen molar-refractivity contribution in [3.63, 3.8) is 0 Å². The third-order valence-corrected chi connectivity index (χ3v) is 4.77. The first-order valence-corrected chi connectivity index (χ1v) is 7.18. The number of rotatable bonds is 2. The van der Waals surface area contributed by atoms with E-state index in [4.69, 9.17) is 5.73 Å². The van der Waals surface area contributed by atoms with E-state index in [2.05, 4.69) is 24.3 Å². The third kappa shape index (κ3) is 2.26. The summed E-state index contributed by atoms with van der Waals surface area (Å²) < 4.78 is 0. The van der Waals surface area contributed by atoms with E-state index in [9.17, 15) is 0 Å². The Labute approximate surface area is 104 Å². The summed E-state index contributed by atoms with van der Waals surface area (Å²) in [5, 5.41) is 0. The van der Waals surface area contributed by atoms with Crippen molar-refractivity contribution in [3.8, 4) is 0 Å². The van der Waals surface area contributed by atoms with Crippen LogP contribution in [0.3, 0.4) is 0 Å². The number of hydrogen-bond acceptors (Lipinski definition) is 1. The molecule has 2 aliphatic rings.